The van der Waals surface area contributed by atoms with Gasteiger partial charge in [-0.2, -0.15) is 0 Å². The molecular formula is C61H122N2O6P+. The molecule has 0 rings (SSSR count). The molecule has 9 heteroatoms. The number of phosphoric acid groups is 1. The van der Waals surface area contributed by atoms with Gasteiger partial charge in [0, 0.05) is 6.42 Å². The van der Waals surface area contributed by atoms with E-state index in [-0.39, 0.29) is 19.1 Å². The number of hydrogen-bond donors (Lipinski definition) is 3. The Morgan fingerprint density at radius 3 is 1.10 bits per heavy atom. The third-order valence-electron chi connectivity index (χ3n) is 14.2. The number of nitrogens with zero attached hydrogens (tertiary/aromatic N) is 1. The highest BCUT2D eigenvalue weighted by molar-refractivity contribution is 7.47. The number of allylic oxidation sites excluding steroid dienone is 3. The van der Waals surface area contributed by atoms with Crippen LogP contribution < -0.4 is 5.32 Å². The molecule has 0 aliphatic rings. The van der Waals surface area contributed by atoms with Crippen LogP contribution >= 0.6 is 7.82 Å². The molecule has 3 unspecified atom stereocenters. The number of rotatable bonds is 57. The Labute approximate surface area is 436 Å². The summed E-state index contributed by atoms with van der Waals surface area (Å²) in [4.78, 5) is 23.3. The van der Waals surface area contributed by atoms with Gasteiger partial charge in [-0.05, 0) is 44.9 Å². The number of aliphatic hydroxyl groups is 1. The SMILES string of the molecule is CCCCCCCC/C=C\CCCCCCCCCC(=O)NC(COP(=O)(O)OCC[N+](C)(C)C)C(O)/C=C/CCCCCCCCCCCCCCCCCCCCCCCCCCCCCCC. The standard InChI is InChI=1S/C61H121N2O6P/c1-6-8-10-12-14-16-18-20-22-24-25-26-27-28-29-30-31-32-33-34-35-36-37-39-40-42-44-46-48-50-52-54-60(64)59(58-69-70(66,67)68-57-56-63(3,4)5)62-61(65)55-53-51-49-47-45-43-41-38-23-21-19-17-15-13-11-9-7-2/h21,23,52,54,59-60,64H,6-20,22,24-51,53,55-58H2,1-5H3,(H-,62,65,66,67)/p+1/b23-21-,54-52+. The number of amides is 1. The molecule has 0 radical (unpaired) electrons. The molecule has 3 atom stereocenters. The van der Waals surface area contributed by atoms with Gasteiger partial charge in [0.2, 0.25) is 5.91 Å². The minimum Gasteiger partial charge on any atom is -0.387 e. The van der Waals surface area contributed by atoms with Gasteiger partial charge < -0.3 is 19.8 Å². The molecule has 0 fully saturated rings. The van der Waals surface area contributed by atoms with E-state index < -0.39 is 20.0 Å². The maximum absolute atomic E-state index is 13.0. The van der Waals surface area contributed by atoms with Crippen LogP contribution in [0.25, 0.3) is 0 Å². The average molecular weight is 1010 g/mol. The van der Waals surface area contributed by atoms with Gasteiger partial charge in [-0.3, -0.25) is 13.8 Å². The van der Waals surface area contributed by atoms with Gasteiger partial charge >= 0.3 is 7.82 Å². The van der Waals surface area contributed by atoms with Crippen LogP contribution in [0.15, 0.2) is 24.3 Å². The number of quaternary nitrogens is 1. The number of carbonyl (C=O) groups is 1. The number of hydrogen-bond acceptors (Lipinski definition) is 5. The Morgan fingerprint density at radius 1 is 0.471 bits per heavy atom. The first-order valence-electron chi connectivity index (χ1n) is 30.7. The summed E-state index contributed by atoms with van der Waals surface area (Å²) in [5.74, 6) is -0.177. The Hall–Kier alpha value is -1.02. The summed E-state index contributed by atoms with van der Waals surface area (Å²) in [6.07, 6.45) is 67.3. The van der Waals surface area contributed by atoms with Crippen LogP contribution in [-0.4, -0.2) is 73.4 Å². The first kappa shape index (κ1) is 69.0. The number of likely N-dealkylation sites (N-methyl/N-ethyl adjacent to an activating group) is 1. The van der Waals surface area contributed by atoms with Crippen molar-refractivity contribution >= 4 is 13.7 Å². The minimum absolute atomic E-state index is 0.0623. The second kappa shape index (κ2) is 52.8. The van der Waals surface area contributed by atoms with Crippen molar-refractivity contribution in [2.24, 2.45) is 0 Å². The molecule has 8 nitrogen and oxygen atoms in total. The lowest BCUT2D eigenvalue weighted by atomic mass is 10.0. The van der Waals surface area contributed by atoms with E-state index in [9.17, 15) is 19.4 Å². The van der Waals surface area contributed by atoms with Gasteiger partial charge in [-0.1, -0.05) is 282 Å². The average Bonchev–Trinajstić information content (AvgIpc) is 3.32. The fourth-order valence-corrected chi connectivity index (χ4v) is 10.1. The summed E-state index contributed by atoms with van der Waals surface area (Å²) >= 11 is 0. The van der Waals surface area contributed by atoms with Gasteiger partial charge in [0.15, 0.2) is 0 Å². The van der Waals surface area contributed by atoms with E-state index in [4.69, 9.17) is 9.05 Å². The molecular weight excluding hydrogens is 888 g/mol. The summed E-state index contributed by atoms with van der Waals surface area (Å²) in [6, 6.07) is -0.848. The molecule has 1 amide bonds. The van der Waals surface area contributed by atoms with Crippen LogP contribution in [0.5, 0.6) is 0 Å². The maximum atomic E-state index is 13.0. The van der Waals surface area contributed by atoms with Gasteiger partial charge in [0.25, 0.3) is 0 Å². The molecule has 70 heavy (non-hydrogen) atoms. The number of nitrogens with one attached hydrogen (secondary N) is 1. The predicted molar refractivity (Wildman–Crippen MR) is 305 cm³/mol. The molecule has 0 aromatic rings. The van der Waals surface area contributed by atoms with Crippen LogP contribution in [-0.2, 0) is 18.4 Å². The van der Waals surface area contributed by atoms with Crippen molar-refractivity contribution < 1.29 is 32.9 Å². The Kier molecular flexibility index (Phi) is 52.1. The molecule has 0 spiro atoms. The van der Waals surface area contributed by atoms with Crippen LogP contribution in [0.3, 0.4) is 0 Å². The molecule has 0 aliphatic carbocycles. The van der Waals surface area contributed by atoms with Gasteiger partial charge in [0.1, 0.15) is 13.2 Å². The molecule has 0 aliphatic heterocycles. The number of phosphoric ester groups is 1. The lowest BCUT2D eigenvalue weighted by Crippen LogP contribution is -2.45. The minimum atomic E-state index is -4.35. The summed E-state index contributed by atoms with van der Waals surface area (Å²) in [7, 11) is 1.58. The second-order valence-corrected chi connectivity index (χ2v) is 23.9. The summed E-state index contributed by atoms with van der Waals surface area (Å²) in [6.45, 7) is 4.85. The fourth-order valence-electron chi connectivity index (χ4n) is 9.33. The maximum Gasteiger partial charge on any atom is 0.472 e. The molecule has 0 saturated heterocycles. The van der Waals surface area contributed by atoms with Crippen molar-refractivity contribution in [2.75, 3.05) is 40.9 Å². The van der Waals surface area contributed by atoms with Crippen LogP contribution in [0.1, 0.15) is 309 Å². The fraction of sp³-hybridized carbons (Fsp3) is 0.918. The third-order valence-corrected chi connectivity index (χ3v) is 15.1. The lowest BCUT2D eigenvalue weighted by Gasteiger charge is -2.25. The van der Waals surface area contributed by atoms with E-state index in [1.165, 1.54) is 250 Å². The molecule has 0 aromatic heterocycles. The highest BCUT2D eigenvalue weighted by atomic mass is 31.2. The van der Waals surface area contributed by atoms with Crippen molar-refractivity contribution in [2.45, 2.75) is 321 Å². The van der Waals surface area contributed by atoms with Crippen LogP contribution in [0, 0.1) is 0 Å². The van der Waals surface area contributed by atoms with Crippen molar-refractivity contribution in [3.8, 4) is 0 Å². The Bertz CT molecular complexity index is 1190. The number of unbranched alkanes of at least 4 members (excludes halogenated alkanes) is 42. The largest absolute Gasteiger partial charge is 0.472 e. The van der Waals surface area contributed by atoms with Gasteiger partial charge in [-0.25, -0.2) is 4.57 Å². The van der Waals surface area contributed by atoms with E-state index in [2.05, 4.69) is 31.3 Å². The lowest BCUT2D eigenvalue weighted by molar-refractivity contribution is -0.870. The highest BCUT2D eigenvalue weighted by Gasteiger charge is 2.27. The number of carbonyl (C=O) groups excluding carboxylic acids is 1. The predicted octanol–water partition coefficient (Wildman–Crippen LogP) is 18.8. The number of aliphatic hydroxyl groups excluding tert-OH is 1. The summed E-state index contributed by atoms with van der Waals surface area (Å²) < 4.78 is 23.7. The van der Waals surface area contributed by atoms with Crippen LogP contribution in [0.2, 0.25) is 0 Å². The van der Waals surface area contributed by atoms with Crippen molar-refractivity contribution in [3.05, 3.63) is 24.3 Å². The van der Waals surface area contributed by atoms with Crippen molar-refractivity contribution in [3.63, 3.8) is 0 Å². The Morgan fingerprint density at radius 2 is 0.771 bits per heavy atom. The normalized spacial score (nSPS) is 14.0. The van der Waals surface area contributed by atoms with Crippen molar-refractivity contribution in [1.82, 2.24) is 5.32 Å². The van der Waals surface area contributed by atoms with E-state index in [0.29, 0.717) is 17.4 Å². The van der Waals surface area contributed by atoms with E-state index in [0.717, 1.165) is 38.5 Å². The van der Waals surface area contributed by atoms with E-state index in [1.807, 2.05) is 27.2 Å². The molecule has 416 valence electrons. The molecule has 3 N–H and O–H groups in total. The molecule has 0 heterocycles. The van der Waals surface area contributed by atoms with Crippen molar-refractivity contribution in [1.29, 1.82) is 0 Å². The Balaban J connectivity index is 4.08. The van der Waals surface area contributed by atoms with E-state index >= 15 is 0 Å². The van der Waals surface area contributed by atoms with Gasteiger partial charge in [0.05, 0.1) is 39.9 Å². The molecule has 0 saturated carbocycles. The zero-order valence-corrected chi connectivity index (χ0v) is 48.4. The van der Waals surface area contributed by atoms with E-state index in [1.54, 1.807) is 6.08 Å². The smallest absolute Gasteiger partial charge is 0.387 e. The zero-order chi connectivity index (χ0) is 51.3. The quantitative estimate of drug-likeness (QED) is 0.0243. The first-order chi connectivity index (χ1) is 34.0. The zero-order valence-electron chi connectivity index (χ0n) is 47.5. The molecule has 0 bridgehead atoms. The summed E-state index contributed by atoms with van der Waals surface area (Å²) in [5.41, 5.74) is 0. The van der Waals surface area contributed by atoms with Crippen LogP contribution in [0.4, 0.5) is 0 Å². The monoisotopic (exact) mass is 1010 g/mol. The topological polar surface area (TPSA) is 105 Å². The van der Waals surface area contributed by atoms with Gasteiger partial charge in [-0.15, -0.1) is 0 Å². The summed E-state index contributed by atoms with van der Waals surface area (Å²) in [5, 5.41) is 14.0. The second-order valence-electron chi connectivity index (χ2n) is 22.4. The third kappa shape index (κ3) is 54.7. The highest BCUT2D eigenvalue weighted by Crippen LogP contribution is 2.43. The molecule has 0 aromatic carbocycles. The first-order valence-corrected chi connectivity index (χ1v) is 32.2.